The highest BCUT2D eigenvalue weighted by Gasteiger charge is 2.29. The van der Waals surface area contributed by atoms with Gasteiger partial charge in [0.2, 0.25) is 5.82 Å². The zero-order valence-electron chi connectivity index (χ0n) is 16.4. The van der Waals surface area contributed by atoms with Gasteiger partial charge in [-0.15, -0.1) is 11.3 Å². The molecule has 2 N–H and O–H groups in total. The van der Waals surface area contributed by atoms with Gasteiger partial charge < -0.3 is 15.4 Å². The van der Waals surface area contributed by atoms with Crippen molar-refractivity contribution in [3.05, 3.63) is 56.5 Å². The molecule has 1 aromatic carbocycles. The van der Waals surface area contributed by atoms with Gasteiger partial charge in [0.1, 0.15) is 6.04 Å². The molecule has 9 nitrogen and oxygen atoms in total. The first-order chi connectivity index (χ1) is 14.1. The second-order valence-corrected chi connectivity index (χ2v) is 7.61. The summed E-state index contributed by atoms with van der Waals surface area (Å²) < 4.78 is 18.6. The van der Waals surface area contributed by atoms with Crippen molar-refractivity contribution in [1.82, 2.24) is 5.32 Å². The number of amides is 2. The first-order valence-electron chi connectivity index (χ1n) is 8.89. The minimum Gasteiger partial charge on any atom is -0.451 e. The number of thiophene rings is 1. The summed E-state index contributed by atoms with van der Waals surface area (Å²) in [5.74, 6) is -3.36. The van der Waals surface area contributed by atoms with Crippen LogP contribution in [0.2, 0.25) is 0 Å². The summed E-state index contributed by atoms with van der Waals surface area (Å²) in [7, 11) is 0. The van der Waals surface area contributed by atoms with Crippen molar-refractivity contribution >= 4 is 40.5 Å². The van der Waals surface area contributed by atoms with Crippen LogP contribution >= 0.6 is 11.3 Å². The van der Waals surface area contributed by atoms with Gasteiger partial charge in [-0.1, -0.05) is 19.9 Å². The molecule has 0 saturated carbocycles. The smallest absolute Gasteiger partial charge is 0.329 e. The lowest BCUT2D eigenvalue weighted by Crippen LogP contribution is -2.47. The van der Waals surface area contributed by atoms with E-state index < -0.39 is 46.4 Å². The highest BCUT2D eigenvalue weighted by Crippen LogP contribution is 2.22. The Labute approximate surface area is 175 Å². The molecule has 0 aliphatic rings. The summed E-state index contributed by atoms with van der Waals surface area (Å²) in [6.07, 6.45) is -1.26. The molecule has 2 unspecified atom stereocenters. The topological polar surface area (TPSA) is 128 Å². The summed E-state index contributed by atoms with van der Waals surface area (Å²) in [5.41, 5.74) is -0.823. The quantitative estimate of drug-likeness (QED) is 0.371. The van der Waals surface area contributed by atoms with Gasteiger partial charge in [-0.05, 0) is 36.4 Å². The highest BCUT2D eigenvalue weighted by atomic mass is 32.1. The molecule has 0 aliphatic carbocycles. The SMILES string of the molecule is CC(OC(=O)C(NC(=O)c1cccs1)C(C)C)C(=O)Nc1ccc(F)c([N+](=O)[O-])c1. The van der Waals surface area contributed by atoms with E-state index in [2.05, 4.69) is 10.6 Å². The molecule has 0 radical (unpaired) electrons. The number of hydrogen-bond acceptors (Lipinski definition) is 7. The van der Waals surface area contributed by atoms with E-state index in [1.165, 1.54) is 18.3 Å². The van der Waals surface area contributed by atoms with Crippen LogP contribution in [0.4, 0.5) is 15.8 Å². The summed E-state index contributed by atoms with van der Waals surface area (Å²) in [4.78, 5) is 47.3. The van der Waals surface area contributed by atoms with Gasteiger partial charge in [-0.2, -0.15) is 4.39 Å². The van der Waals surface area contributed by atoms with Crippen LogP contribution in [-0.2, 0) is 14.3 Å². The number of nitrogens with one attached hydrogen (secondary N) is 2. The Balaban J connectivity index is 2.02. The molecule has 30 heavy (non-hydrogen) atoms. The molecule has 2 atom stereocenters. The number of nitro groups is 1. The van der Waals surface area contributed by atoms with Crippen LogP contribution in [0.3, 0.4) is 0 Å². The average molecular weight is 437 g/mol. The fourth-order valence-corrected chi connectivity index (χ4v) is 3.02. The van der Waals surface area contributed by atoms with Crippen LogP contribution in [0.15, 0.2) is 35.7 Å². The molecule has 2 aromatic rings. The Kier molecular flexibility index (Phi) is 7.59. The Bertz CT molecular complexity index is 948. The van der Waals surface area contributed by atoms with E-state index in [1.807, 2.05) is 0 Å². The largest absolute Gasteiger partial charge is 0.451 e. The summed E-state index contributed by atoms with van der Waals surface area (Å²) in [5, 5.41) is 17.4. The Morgan fingerprint density at radius 3 is 2.47 bits per heavy atom. The van der Waals surface area contributed by atoms with Crippen molar-refractivity contribution in [2.75, 3.05) is 5.32 Å². The summed E-state index contributed by atoms with van der Waals surface area (Å²) >= 11 is 1.22. The minimum absolute atomic E-state index is 0.0255. The number of halogens is 1. The van der Waals surface area contributed by atoms with Crippen molar-refractivity contribution in [2.24, 2.45) is 5.92 Å². The Hall–Kier alpha value is -3.34. The van der Waals surface area contributed by atoms with Crippen LogP contribution in [0.1, 0.15) is 30.4 Å². The Morgan fingerprint density at radius 1 is 1.20 bits per heavy atom. The Morgan fingerprint density at radius 2 is 1.90 bits per heavy atom. The zero-order chi connectivity index (χ0) is 22.4. The van der Waals surface area contributed by atoms with Crippen LogP contribution in [0.25, 0.3) is 0 Å². The van der Waals surface area contributed by atoms with Gasteiger partial charge in [-0.3, -0.25) is 19.7 Å². The molecule has 11 heteroatoms. The number of carbonyl (C=O) groups excluding carboxylic acids is 3. The van der Waals surface area contributed by atoms with Gasteiger partial charge in [0, 0.05) is 11.8 Å². The number of rotatable bonds is 8. The first kappa shape index (κ1) is 22.9. The van der Waals surface area contributed by atoms with Crippen LogP contribution in [-0.4, -0.2) is 34.9 Å². The van der Waals surface area contributed by atoms with E-state index in [1.54, 1.807) is 31.4 Å². The molecule has 0 saturated heterocycles. The lowest BCUT2D eigenvalue weighted by molar-refractivity contribution is -0.387. The normalized spacial score (nSPS) is 12.7. The number of benzene rings is 1. The van der Waals surface area contributed by atoms with E-state index in [0.29, 0.717) is 4.88 Å². The molecule has 1 aromatic heterocycles. The number of hydrogen-bond donors (Lipinski definition) is 2. The van der Waals surface area contributed by atoms with Gasteiger partial charge in [0.25, 0.3) is 11.8 Å². The number of esters is 1. The van der Waals surface area contributed by atoms with Gasteiger partial charge in [-0.25, -0.2) is 4.79 Å². The molecule has 0 fully saturated rings. The molecule has 2 rings (SSSR count). The van der Waals surface area contributed by atoms with E-state index >= 15 is 0 Å². The van der Waals surface area contributed by atoms with Crippen LogP contribution < -0.4 is 10.6 Å². The zero-order valence-corrected chi connectivity index (χ0v) is 17.2. The number of carbonyl (C=O) groups is 3. The molecule has 160 valence electrons. The standard InChI is InChI=1S/C19H20FN3O6S/c1-10(2)16(22-18(25)15-5-4-8-30-15)19(26)29-11(3)17(24)21-12-6-7-13(20)14(9-12)23(27)28/h4-11,16H,1-3H3,(H,21,24)(H,22,25). The molecule has 0 spiro atoms. The molecular weight excluding hydrogens is 417 g/mol. The summed E-state index contributed by atoms with van der Waals surface area (Å²) in [6, 6.07) is 5.18. The van der Waals surface area contributed by atoms with Crippen molar-refractivity contribution in [3.8, 4) is 0 Å². The molecule has 1 heterocycles. The average Bonchev–Trinajstić information content (AvgIpc) is 3.21. The first-order valence-corrected chi connectivity index (χ1v) is 9.77. The van der Waals surface area contributed by atoms with Crippen molar-refractivity contribution in [3.63, 3.8) is 0 Å². The fourth-order valence-electron chi connectivity index (χ4n) is 2.39. The maximum atomic E-state index is 13.4. The molecular formula is C19H20FN3O6S. The predicted octanol–water partition coefficient (Wildman–Crippen LogP) is 3.12. The van der Waals surface area contributed by atoms with Gasteiger partial charge in [0.05, 0.1) is 9.80 Å². The molecule has 0 bridgehead atoms. The summed E-state index contributed by atoms with van der Waals surface area (Å²) in [6.45, 7) is 4.73. The lowest BCUT2D eigenvalue weighted by Gasteiger charge is -2.22. The molecule has 0 aliphatic heterocycles. The second kappa shape index (κ2) is 9.92. The van der Waals surface area contributed by atoms with E-state index in [-0.39, 0.29) is 11.6 Å². The maximum absolute atomic E-state index is 13.4. The van der Waals surface area contributed by atoms with Crippen molar-refractivity contribution in [2.45, 2.75) is 32.9 Å². The van der Waals surface area contributed by atoms with Crippen molar-refractivity contribution in [1.29, 1.82) is 0 Å². The third kappa shape index (κ3) is 5.83. The van der Waals surface area contributed by atoms with Crippen molar-refractivity contribution < 1.29 is 28.4 Å². The third-order valence-corrected chi connectivity index (χ3v) is 4.89. The van der Waals surface area contributed by atoms with Crippen LogP contribution in [0.5, 0.6) is 0 Å². The second-order valence-electron chi connectivity index (χ2n) is 6.66. The number of anilines is 1. The number of ether oxygens (including phenoxy) is 1. The van der Waals surface area contributed by atoms with Crippen LogP contribution in [0, 0.1) is 21.8 Å². The van der Waals surface area contributed by atoms with E-state index in [9.17, 15) is 28.9 Å². The monoisotopic (exact) mass is 437 g/mol. The maximum Gasteiger partial charge on any atom is 0.329 e. The minimum atomic E-state index is -1.26. The van der Waals surface area contributed by atoms with E-state index in [0.717, 1.165) is 18.2 Å². The highest BCUT2D eigenvalue weighted by molar-refractivity contribution is 7.12. The number of nitro benzene ring substituents is 1. The number of nitrogens with zero attached hydrogens (tertiary/aromatic N) is 1. The fraction of sp³-hybridized carbons (Fsp3) is 0.316. The lowest BCUT2D eigenvalue weighted by atomic mass is 10.0. The predicted molar refractivity (Wildman–Crippen MR) is 108 cm³/mol. The van der Waals surface area contributed by atoms with Gasteiger partial charge >= 0.3 is 11.7 Å². The van der Waals surface area contributed by atoms with Gasteiger partial charge in [0.15, 0.2) is 6.10 Å². The third-order valence-electron chi connectivity index (χ3n) is 4.02. The van der Waals surface area contributed by atoms with E-state index in [4.69, 9.17) is 4.74 Å². The molecule has 2 amide bonds.